The predicted octanol–water partition coefficient (Wildman–Crippen LogP) is 6.63. The molecule has 0 saturated heterocycles. The lowest BCUT2D eigenvalue weighted by molar-refractivity contribution is -0.124. The Morgan fingerprint density at radius 1 is 1.14 bits per heavy atom. The van der Waals surface area contributed by atoms with Crippen molar-refractivity contribution in [3.05, 3.63) is 81.9 Å². The number of aromatic nitrogens is 4. The van der Waals surface area contributed by atoms with Crippen LogP contribution >= 0.6 is 34.5 Å². The van der Waals surface area contributed by atoms with E-state index in [-0.39, 0.29) is 6.42 Å². The molecule has 11 heteroatoms. The molecule has 5 aromatic rings. The molecule has 2 aromatic carbocycles. The van der Waals surface area contributed by atoms with Gasteiger partial charge >= 0.3 is 5.97 Å². The summed E-state index contributed by atoms with van der Waals surface area (Å²) < 4.78 is 5.53. The predicted molar refractivity (Wildman–Crippen MR) is 145 cm³/mol. The van der Waals surface area contributed by atoms with Crippen molar-refractivity contribution in [1.29, 1.82) is 0 Å². The first-order valence-corrected chi connectivity index (χ1v) is 12.9. The summed E-state index contributed by atoms with van der Waals surface area (Å²) in [4.78, 5) is 42.0. The van der Waals surface area contributed by atoms with Crippen LogP contribution in [0.3, 0.4) is 0 Å². The van der Waals surface area contributed by atoms with Crippen LogP contribution < -0.4 is 5.32 Å². The van der Waals surface area contributed by atoms with Gasteiger partial charge in [0, 0.05) is 33.9 Å². The minimum atomic E-state index is -0.998. The molecule has 1 unspecified atom stereocenters. The van der Waals surface area contributed by atoms with Gasteiger partial charge in [-0.1, -0.05) is 30.1 Å². The Hall–Kier alpha value is -3.79. The van der Waals surface area contributed by atoms with Gasteiger partial charge in [0.05, 0.1) is 27.3 Å². The van der Waals surface area contributed by atoms with Crippen LogP contribution in [0.4, 0.5) is 5.13 Å². The highest BCUT2D eigenvalue weighted by molar-refractivity contribution is 7.14. The van der Waals surface area contributed by atoms with E-state index in [0.717, 1.165) is 5.56 Å². The van der Waals surface area contributed by atoms with E-state index in [2.05, 4.69) is 25.3 Å². The van der Waals surface area contributed by atoms with Crippen LogP contribution in [0.25, 0.3) is 33.7 Å². The number of nitrogens with one attached hydrogen (secondary N) is 2. The third kappa shape index (κ3) is 5.48. The van der Waals surface area contributed by atoms with Gasteiger partial charge in [-0.3, -0.25) is 15.1 Å². The first kappa shape index (κ1) is 24.9. The molecule has 0 aliphatic rings. The first-order chi connectivity index (χ1) is 17.9. The number of imidazole rings is 1. The molecule has 0 fully saturated rings. The minimum Gasteiger partial charge on any atom is -0.449 e. The largest absolute Gasteiger partial charge is 0.449 e. The number of aromatic amines is 1. The average molecular weight is 552 g/mol. The summed E-state index contributed by atoms with van der Waals surface area (Å²) in [6.07, 6.45) is 2.68. The Kier molecular flexibility index (Phi) is 7.18. The summed E-state index contributed by atoms with van der Waals surface area (Å²) in [6.45, 7) is 1.76. The van der Waals surface area contributed by atoms with Gasteiger partial charge in [-0.05, 0) is 55.0 Å². The number of thiazole rings is 1. The van der Waals surface area contributed by atoms with Crippen LogP contribution in [0.1, 0.15) is 23.7 Å². The fourth-order valence-electron chi connectivity index (χ4n) is 3.63. The molecule has 3 aromatic heterocycles. The quantitative estimate of drug-likeness (QED) is 0.219. The van der Waals surface area contributed by atoms with E-state index in [1.807, 2.05) is 12.1 Å². The number of pyridine rings is 1. The minimum absolute atomic E-state index is 0.288. The lowest BCUT2D eigenvalue weighted by atomic mass is 10.2. The molecule has 8 nitrogen and oxygen atoms in total. The van der Waals surface area contributed by atoms with Crippen LogP contribution in [0.5, 0.6) is 0 Å². The maximum atomic E-state index is 12.9. The molecule has 186 valence electrons. The zero-order valence-corrected chi connectivity index (χ0v) is 21.7. The second-order valence-corrected chi connectivity index (χ2v) is 9.71. The van der Waals surface area contributed by atoms with Crippen LogP contribution in [0.2, 0.25) is 10.0 Å². The molecule has 0 aliphatic heterocycles. The van der Waals surface area contributed by atoms with Gasteiger partial charge in [-0.25, -0.2) is 14.8 Å². The first-order valence-electron chi connectivity index (χ1n) is 11.2. The Morgan fingerprint density at radius 3 is 2.76 bits per heavy atom. The van der Waals surface area contributed by atoms with E-state index in [0.29, 0.717) is 48.9 Å². The summed E-state index contributed by atoms with van der Waals surface area (Å²) in [6, 6.07) is 13.8. The number of H-pyrrole nitrogens is 1. The maximum Gasteiger partial charge on any atom is 0.338 e. The van der Waals surface area contributed by atoms with E-state index in [1.165, 1.54) is 11.3 Å². The molecular weight excluding hydrogens is 533 g/mol. The van der Waals surface area contributed by atoms with E-state index in [1.54, 1.807) is 61.1 Å². The van der Waals surface area contributed by atoms with Crippen molar-refractivity contribution in [1.82, 2.24) is 19.9 Å². The number of benzene rings is 2. The van der Waals surface area contributed by atoms with E-state index >= 15 is 0 Å². The normalized spacial score (nSPS) is 11.9. The fourth-order valence-corrected chi connectivity index (χ4v) is 4.85. The molecule has 0 aliphatic carbocycles. The second kappa shape index (κ2) is 10.7. The van der Waals surface area contributed by atoms with Crippen molar-refractivity contribution >= 4 is 62.6 Å². The molecule has 0 radical (unpaired) electrons. The van der Waals surface area contributed by atoms with Crippen LogP contribution in [-0.2, 0) is 9.53 Å². The zero-order chi connectivity index (χ0) is 25.9. The van der Waals surface area contributed by atoms with E-state index < -0.39 is 18.0 Å². The van der Waals surface area contributed by atoms with Crippen LogP contribution in [-0.4, -0.2) is 37.9 Å². The molecule has 37 heavy (non-hydrogen) atoms. The van der Waals surface area contributed by atoms with Gasteiger partial charge in [-0.2, -0.15) is 0 Å². The van der Waals surface area contributed by atoms with Gasteiger partial charge in [0.1, 0.15) is 5.82 Å². The van der Waals surface area contributed by atoms with Gasteiger partial charge in [0.15, 0.2) is 11.2 Å². The van der Waals surface area contributed by atoms with Crippen LogP contribution in [0.15, 0.2) is 66.3 Å². The highest BCUT2D eigenvalue weighted by Crippen LogP contribution is 2.32. The molecule has 0 spiro atoms. The maximum absolute atomic E-state index is 12.9. The third-order valence-corrected chi connectivity index (χ3v) is 6.81. The smallest absolute Gasteiger partial charge is 0.338 e. The van der Waals surface area contributed by atoms with Crippen LogP contribution in [0, 0.1) is 0 Å². The van der Waals surface area contributed by atoms with E-state index in [4.69, 9.17) is 27.9 Å². The summed E-state index contributed by atoms with van der Waals surface area (Å²) in [5.74, 6) is -0.447. The summed E-state index contributed by atoms with van der Waals surface area (Å²) in [5, 5.41) is 5.84. The lowest BCUT2D eigenvalue weighted by Gasteiger charge is -2.15. The van der Waals surface area contributed by atoms with E-state index in [9.17, 15) is 9.59 Å². The number of amides is 1. The number of ether oxygens (including phenoxy) is 1. The van der Waals surface area contributed by atoms with Crippen molar-refractivity contribution in [3.63, 3.8) is 0 Å². The number of esters is 1. The summed E-state index contributed by atoms with van der Waals surface area (Å²) in [7, 11) is 0. The topological polar surface area (TPSA) is 110 Å². The van der Waals surface area contributed by atoms with Crippen molar-refractivity contribution < 1.29 is 14.3 Å². The fraction of sp³-hybridized carbons (Fsp3) is 0.115. The van der Waals surface area contributed by atoms with Crippen molar-refractivity contribution in [2.45, 2.75) is 19.4 Å². The van der Waals surface area contributed by atoms with Gasteiger partial charge in [0.2, 0.25) is 0 Å². The Bertz CT molecular complexity index is 1600. The van der Waals surface area contributed by atoms with Gasteiger partial charge in [-0.15, -0.1) is 11.3 Å². The highest BCUT2D eigenvalue weighted by atomic mass is 35.5. The molecule has 1 amide bonds. The number of anilines is 1. The number of hydrogen-bond donors (Lipinski definition) is 2. The lowest BCUT2D eigenvalue weighted by Crippen LogP contribution is -2.32. The molecule has 1 atom stereocenters. The molecule has 0 saturated carbocycles. The SMILES string of the molecule is CCC(OC(=O)c1ccc2nc(-c3cccnc3)[nH]c2c1)C(=O)Nc1nc(-c2ccc(Cl)cc2Cl)cs1. The Balaban J connectivity index is 1.27. The standard InChI is InChI=1S/C26H19Cl2N5O3S/c1-2-22(24(34)33-26-32-21(13-37-26)17-7-6-16(27)11-18(17)28)36-25(35)14-5-8-19-20(10-14)31-23(30-19)15-4-3-9-29-12-15/h3-13,22H,2H2,1H3,(H,30,31)(H,32,33,34). The molecule has 5 rings (SSSR count). The van der Waals surface area contributed by atoms with Gasteiger partial charge in [0.25, 0.3) is 5.91 Å². The zero-order valence-electron chi connectivity index (χ0n) is 19.4. The number of fused-ring (bicyclic) bond motifs is 1. The van der Waals surface area contributed by atoms with Crippen molar-refractivity contribution in [3.8, 4) is 22.6 Å². The van der Waals surface area contributed by atoms with Crippen molar-refractivity contribution in [2.75, 3.05) is 5.32 Å². The monoisotopic (exact) mass is 551 g/mol. The van der Waals surface area contributed by atoms with Crippen molar-refractivity contribution in [2.24, 2.45) is 0 Å². The molecule has 0 bridgehead atoms. The van der Waals surface area contributed by atoms with Gasteiger partial charge < -0.3 is 9.72 Å². The Morgan fingerprint density at radius 2 is 2.00 bits per heavy atom. The number of rotatable bonds is 7. The highest BCUT2D eigenvalue weighted by Gasteiger charge is 2.24. The number of hydrogen-bond acceptors (Lipinski definition) is 7. The number of carbonyl (C=O) groups excluding carboxylic acids is 2. The Labute approximate surface area is 225 Å². The number of halogens is 2. The molecular formula is C26H19Cl2N5O3S. The molecule has 2 N–H and O–H groups in total. The summed E-state index contributed by atoms with van der Waals surface area (Å²) in [5.41, 5.74) is 3.79. The number of carbonyl (C=O) groups is 2. The summed E-state index contributed by atoms with van der Waals surface area (Å²) >= 11 is 13.5. The number of nitrogens with zero attached hydrogens (tertiary/aromatic N) is 3. The third-order valence-electron chi connectivity index (χ3n) is 5.51. The second-order valence-electron chi connectivity index (χ2n) is 8.01. The average Bonchev–Trinajstić information content (AvgIpc) is 3.54. The molecule has 3 heterocycles.